The van der Waals surface area contributed by atoms with Crippen molar-refractivity contribution >= 4 is 35.0 Å². The topological polar surface area (TPSA) is 94.6 Å². The summed E-state index contributed by atoms with van der Waals surface area (Å²) in [4.78, 5) is 18.1. The van der Waals surface area contributed by atoms with E-state index in [0.717, 1.165) is 12.1 Å². The molecular formula is C17H17ClF4N6O2. The predicted molar refractivity (Wildman–Crippen MR) is 101 cm³/mol. The molecule has 1 aromatic heterocycles. The van der Waals surface area contributed by atoms with Crippen molar-refractivity contribution < 1.29 is 27.1 Å². The average molecular weight is 449 g/mol. The van der Waals surface area contributed by atoms with E-state index in [0.29, 0.717) is 32.4 Å². The fourth-order valence-corrected chi connectivity index (χ4v) is 2.83. The number of nitrogens with one attached hydrogen (secondary N) is 3. The van der Waals surface area contributed by atoms with Crippen LogP contribution in [0.4, 0.5) is 29.1 Å². The molecule has 162 valence electrons. The van der Waals surface area contributed by atoms with Crippen molar-refractivity contribution in [1.82, 2.24) is 20.4 Å². The van der Waals surface area contributed by atoms with Gasteiger partial charge in [0.25, 0.3) is 0 Å². The number of hydrogen-bond donors (Lipinski definition) is 3. The first-order valence-electron chi connectivity index (χ1n) is 8.73. The van der Waals surface area contributed by atoms with Gasteiger partial charge in [0.15, 0.2) is 5.82 Å². The number of halogens is 5. The molecular weight excluding hydrogens is 432 g/mol. The summed E-state index contributed by atoms with van der Waals surface area (Å²) in [7, 11) is 0. The van der Waals surface area contributed by atoms with Crippen LogP contribution in [0.25, 0.3) is 0 Å². The van der Waals surface area contributed by atoms with Gasteiger partial charge in [-0.3, -0.25) is 20.1 Å². The van der Waals surface area contributed by atoms with Crippen molar-refractivity contribution in [2.24, 2.45) is 4.99 Å². The van der Waals surface area contributed by atoms with Gasteiger partial charge in [-0.1, -0.05) is 11.6 Å². The molecule has 30 heavy (non-hydrogen) atoms. The molecule has 1 aliphatic heterocycles. The summed E-state index contributed by atoms with van der Waals surface area (Å²) < 4.78 is 57.1. The monoisotopic (exact) mass is 448 g/mol. The number of alkyl halides is 3. The zero-order valence-corrected chi connectivity index (χ0v) is 16.1. The van der Waals surface area contributed by atoms with Crippen molar-refractivity contribution in [3.8, 4) is 0 Å². The number of H-pyrrole nitrogens is 1. The number of aromatic nitrogens is 2. The lowest BCUT2D eigenvalue weighted by Crippen LogP contribution is -2.46. The molecule has 0 unspecified atom stereocenters. The molecule has 0 spiro atoms. The van der Waals surface area contributed by atoms with Crippen LogP contribution < -0.4 is 10.6 Å². The summed E-state index contributed by atoms with van der Waals surface area (Å²) in [6.45, 7) is 2.11. The van der Waals surface area contributed by atoms with Gasteiger partial charge in [0, 0.05) is 29.9 Å². The summed E-state index contributed by atoms with van der Waals surface area (Å²) in [6, 6.07) is 4.19. The second-order valence-electron chi connectivity index (χ2n) is 6.32. The number of hydrogen-bond acceptors (Lipinski definition) is 5. The lowest BCUT2D eigenvalue weighted by Gasteiger charge is -2.25. The highest BCUT2D eigenvalue weighted by Crippen LogP contribution is 2.29. The smallest absolute Gasteiger partial charge is 0.379 e. The van der Waals surface area contributed by atoms with E-state index in [1.54, 1.807) is 0 Å². The second kappa shape index (κ2) is 9.41. The molecule has 3 rings (SSSR count). The van der Waals surface area contributed by atoms with Crippen molar-refractivity contribution in [2.45, 2.75) is 6.18 Å². The van der Waals surface area contributed by atoms with Gasteiger partial charge < -0.3 is 10.1 Å². The minimum atomic E-state index is -4.63. The highest BCUT2D eigenvalue weighted by molar-refractivity contribution is 6.31. The van der Waals surface area contributed by atoms with Gasteiger partial charge >= 0.3 is 6.18 Å². The highest BCUT2D eigenvalue weighted by Gasteiger charge is 2.33. The van der Waals surface area contributed by atoms with Crippen molar-refractivity contribution in [2.75, 3.05) is 38.2 Å². The van der Waals surface area contributed by atoms with E-state index < -0.39 is 23.6 Å². The predicted octanol–water partition coefficient (Wildman–Crippen LogP) is 2.77. The van der Waals surface area contributed by atoms with Crippen LogP contribution in [0.5, 0.6) is 0 Å². The van der Waals surface area contributed by atoms with Crippen molar-refractivity contribution in [3.63, 3.8) is 0 Å². The maximum atomic E-state index is 13.6. The Kier molecular flexibility index (Phi) is 6.90. The number of ether oxygens (including phenoxy) is 1. The number of rotatable bonds is 4. The number of carbonyl (C=O) groups is 1. The van der Waals surface area contributed by atoms with E-state index in [1.165, 1.54) is 6.07 Å². The van der Waals surface area contributed by atoms with E-state index in [1.807, 2.05) is 10.00 Å². The van der Waals surface area contributed by atoms with E-state index >= 15 is 0 Å². The number of benzene rings is 1. The first-order chi connectivity index (χ1) is 14.2. The normalized spacial score (nSPS) is 15.8. The van der Waals surface area contributed by atoms with Crippen LogP contribution in [0.2, 0.25) is 5.02 Å². The maximum Gasteiger partial charge on any atom is 0.432 e. The fraction of sp³-hybridized carbons (Fsp3) is 0.353. The van der Waals surface area contributed by atoms with Crippen LogP contribution in [0.1, 0.15) is 5.69 Å². The molecule has 1 fully saturated rings. The first kappa shape index (κ1) is 22.0. The lowest BCUT2D eigenvalue weighted by atomic mass is 10.3. The Morgan fingerprint density at radius 2 is 2.00 bits per heavy atom. The molecule has 0 atom stereocenters. The number of nitrogens with zero attached hydrogens (tertiary/aromatic N) is 3. The number of anilines is 1. The van der Waals surface area contributed by atoms with Gasteiger partial charge in [-0.25, -0.2) is 4.39 Å². The number of morpholine rings is 1. The van der Waals surface area contributed by atoms with Crippen LogP contribution >= 0.6 is 11.6 Å². The number of aromatic amines is 1. The van der Waals surface area contributed by atoms with Gasteiger partial charge in [-0.15, -0.1) is 0 Å². The fourth-order valence-electron chi connectivity index (χ4n) is 2.61. The number of aliphatic imine (C=N–C) groups is 1. The van der Waals surface area contributed by atoms with Crippen LogP contribution in [-0.4, -0.2) is 59.8 Å². The second-order valence-corrected chi connectivity index (χ2v) is 6.75. The highest BCUT2D eigenvalue weighted by atomic mass is 35.5. The Hall–Kier alpha value is -2.70. The Bertz CT molecular complexity index is 907. The molecule has 13 heteroatoms. The third-order valence-electron chi connectivity index (χ3n) is 3.95. The summed E-state index contributed by atoms with van der Waals surface area (Å²) in [5, 5.41) is 10.5. The summed E-state index contributed by atoms with van der Waals surface area (Å²) in [5.74, 6) is -1.70. The van der Waals surface area contributed by atoms with Gasteiger partial charge in [0.05, 0.1) is 19.8 Å². The molecule has 0 saturated carbocycles. The molecule has 1 saturated heterocycles. The molecule has 3 N–H and O–H groups in total. The molecule has 1 aromatic carbocycles. The third-order valence-corrected chi connectivity index (χ3v) is 4.17. The largest absolute Gasteiger partial charge is 0.432 e. The number of guanidine groups is 1. The van der Waals surface area contributed by atoms with Gasteiger partial charge in [-0.2, -0.15) is 23.3 Å². The molecule has 8 nitrogen and oxygen atoms in total. The van der Waals surface area contributed by atoms with Crippen LogP contribution in [0.3, 0.4) is 0 Å². The molecule has 1 aliphatic rings. The SMILES string of the molecule is O=C(CN1CCOCC1)NC(=Nc1cc(C(F)(F)F)[nH]n1)Nc1cc(F)cc(Cl)c1. The number of carbonyl (C=O) groups excluding carboxylic acids is 1. The van der Waals surface area contributed by atoms with Crippen LogP contribution in [-0.2, 0) is 15.7 Å². The van der Waals surface area contributed by atoms with E-state index in [4.69, 9.17) is 16.3 Å². The van der Waals surface area contributed by atoms with Gasteiger partial charge in [-0.05, 0) is 18.2 Å². The Balaban J connectivity index is 1.80. The van der Waals surface area contributed by atoms with Crippen molar-refractivity contribution in [1.29, 1.82) is 0 Å². The Morgan fingerprint density at radius 1 is 1.27 bits per heavy atom. The Labute approximate surface area is 173 Å². The van der Waals surface area contributed by atoms with Crippen molar-refractivity contribution in [3.05, 3.63) is 40.8 Å². The van der Waals surface area contributed by atoms with Crippen LogP contribution in [0.15, 0.2) is 29.3 Å². The quantitative estimate of drug-likeness (QED) is 0.380. The standard InChI is InChI=1S/C17H17ClF4N6O2/c18-10-5-11(19)7-12(6-10)23-16(24-14-8-13(26-27-14)17(20,21)22)25-15(29)9-28-1-3-30-4-2-28/h5-8H,1-4,9H2,(H3,23,24,25,26,27,29). The van der Waals surface area contributed by atoms with Crippen LogP contribution in [0, 0.1) is 5.82 Å². The summed E-state index contributed by atoms with van der Waals surface area (Å²) >= 11 is 5.81. The lowest BCUT2D eigenvalue weighted by molar-refractivity contribution is -0.141. The third kappa shape index (κ3) is 6.40. The number of amides is 1. The zero-order chi connectivity index (χ0) is 21.7. The maximum absolute atomic E-state index is 13.6. The molecule has 0 radical (unpaired) electrons. The first-order valence-corrected chi connectivity index (χ1v) is 9.11. The average Bonchev–Trinajstić information content (AvgIpc) is 3.10. The summed E-state index contributed by atoms with van der Waals surface area (Å²) in [5.41, 5.74) is -0.967. The molecule has 1 amide bonds. The van der Waals surface area contributed by atoms with E-state index in [-0.39, 0.29) is 29.0 Å². The minimum Gasteiger partial charge on any atom is -0.379 e. The molecule has 2 aromatic rings. The van der Waals surface area contributed by atoms with Gasteiger partial charge in [0.1, 0.15) is 11.5 Å². The molecule has 0 bridgehead atoms. The van der Waals surface area contributed by atoms with Gasteiger partial charge in [0.2, 0.25) is 11.9 Å². The Morgan fingerprint density at radius 3 is 2.63 bits per heavy atom. The van der Waals surface area contributed by atoms with E-state index in [2.05, 4.69) is 20.7 Å². The zero-order valence-electron chi connectivity index (χ0n) is 15.4. The molecule has 0 aliphatic carbocycles. The minimum absolute atomic E-state index is 0.0162. The summed E-state index contributed by atoms with van der Waals surface area (Å²) in [6.07, 6.45) is -4.63. The van der Waals surface area contributed by atoms with E-state index in [9.17, 15) is 22.4 Å². The molecule has 2 heterocycles.